The zero-order valence-electron chi connectivity index (χ0n) is 14.2. The molecule has 1 unspecified atom stereocenters. The van der Waals surface area contributed by atoms with Gasteiger partial charge < -0.3 is 11.1 Å². The molecule has 1 fully saturated rings. The summed E-state index contributed by atoms with van der Waals surface area (Å²) in [5.41, 5.74) is 12.5. The zero-order valence-corrected chi connectivity index (χ0v) is 16.5. The van der Waals surface area contributed by atoms with Crippen molar-refractivity contribution in [3.05, 3.63) is 67.9 Å². The lowest BCUT2D eigenvalue weighted by atomic mass is 9.86. The highest BCUT2D eigenvalue weighted by atomic mass is 79.9. The van der Waals surface area contributed by atoms with Gasteiger partial charge in [0, 0.05) is 21.3 Å². The van der Waals surface area contributed by atoms with Gasteiger partial charge in [-0.15, -0.1) is 0 Å². The molecule has 1 saturated heterocycles. The molecule has 2 aromatic rings. The van der Waals surface area contributed by atoms with E-state index in [2.05, 4.69) is 33.4 Å². The van der Waals surface area contributed by atoms with Crippen molar-refractivity contribution in [2.24, 2.45) is 5.73 Å². The lowest BCUT2D eigenvalue weighted by Crippen LogP contribution is -2.45. The van der Waals surface area contributed by atoms with Gasteiger partial charge in [0.1, 0.15) is 0 Å². The van der Waals surface area contributed by atoms with Crippen molar-refractivity contribution in [1.29, 1.82) is 0 Å². The monoisotopic (exact) mass is 431 g/mol. The van der Waals surface area contributed by atoms with Gasteiger partial charge in [-0.05, 0) is 83.0 Å². The number of hydrogen-bond donors (Lipinski definition) is 2. The number of pyridine rings is 1. The topological polar surface area (TPSA) is 68.0 Å². The van der Waals surface area contributed by atoms with E-state index in [0.29, 0.717) is 6.42 Å². The molecule has 1 atom stereocenters. The SMILES string of the molecule is NC(=O)C1CC(=C2c3ccc(Cl)cc3CCc3cc(Br)cnc32)CCN1. The van der Waals surface area contributed by atoms with E-state index >= 15 is 0 Å². The molecule has 0 spiro atoms. The van der Waals surface area contributed by atoms with Crippen LogP contribution in [0.15, 0.2) is 40.5 Å². The van der Waals surface area contributed by atoms with Crippen molar-refractivity contribution in [1.82, 2.24) is 10.3 Å². The Kier molecular flexibility index (Phi) is 4.86. The third-order valence-corrected chi connectivity index (χ3v) is 5.80. The highest BCUT2D eigenvalue weighted by Gasteiger charge is 2.28. The van der Waals surface area contributed by atoms with E-state index in [1.807, 2.05) is 18.3 Å². The average Bonchev–Trinajstić information content (AvgIpc) is 2.78. The number of amides is 1. The van der Waals surface area contributed by atoms with E-state index in [1.54, 1.807) is 0 Å². The predicted octanol–water partition coefficient (Wildman–Crippen LogP) is 3.64. The maximum Gasteiger partial charge on any atom is 0.234 e. The molecule has 1 amide bonds. The minimum atomic E-state index is -0.329. The van der Waals surface area contributed by atoms with Crippen molar-refractivity contribution < 1.29 is 4.79 Å². The Hall–Kier alpha value is -1.69. The summed E-state index contributed by atoms with van der Waals surface area (Å²) in [5, 5.41) is 3.96. The first kappa shape index (κ1) is 17.7. The van der Waals surface area contributed by atoms with Gasteiger partial charge in [-0.3, -0.25) is 9.78 Å². The summed E-state index contributed by atoms with van der Waals surface area (Å²) in [4.78, 5) is 16.5. The standard InChI is InChI=1S/C20H19BrClN3O/c21-14-7-13-2-1-11-8-15(22)3-4-16(11)18(19(13)25-10-14)12-5-6-24-17(9-12)20(23)26/h3-4,7-8,10,17,24H,1-2,5-6,9H2,(H2,23,26). The summed E-state index contributed by atoms with van der Waals surface area (Å²) >= 11 is 9.79. The van der Waals surface area contributed by atoms with Crippen LogP contribution in [-0.2, 0) is 17.6 Å². The summed E-state index contributed by atoms with van der Waals surface area (Å²) < 4.78 is 0.977. The number of carbonyl (C=O) groups is 1. The Morgan fingerprint density at radius 2 is 2.04 bits per heavy atom. The smallest absolute Gasteiger partial charge is 0.234 e. The molecule has 0 radical (unpaired) electrons. The van der Waals surface area contributed by atoms with Crippen LogP contribution in [0.4, 0.5) is 0 Å². The van der Waals surface area contributed by atoms with Crippen LogP contribution in [0, 0.1) is 0 Å². The molecule has 4 rings (SSSR count). The van der Waals surface area contributed by atoms with Gasteiger partial charge in [-0.1, -0.05) is 23.2 Å². The number of rotatable bonds is 1. The summed E-state index contributed by atoms with van der Waals surface area (Å²) in [6, 6.07) is 7.87. The highest BCUT2D eigenvalue weighted by molar-refractivity contribution is 9.10. The number of aromatic nitrogens is 1. The van der Waals surface area contributed by atoms with E-state index in [9.17, 15) is 4.79 Å². The largest absolute Gasteiger partial charge is 0.368 e. The van der Waals surface area contributed by atoms with Gasteiger partial charge in [-0.2, -0.15) is 0 Å². The van der Waals surface area contributed by atoms with Crippen LogP contribution in [0.2, 0.25) is 5.02 Å². The third kappa shape index (κ3) is 3.31. The molecule has 1 aromatic heterocycles. The van der Waals surface area contributed by atoms with Gasteiger partial charge in [0.25, 0.3) is 0 Å². The van der Waals surface area contributed by atoms with Crippen molar-refractivity contribution in [3.8, 4) is 0 Å². The Labute approximate surface area is 166 Å². The molecular formula is C20H19BrClN3O. The van der Waals surface area contributed by atoms with Crippen LogP contribution in [0.1, 0.15) is 35.2 Å². The lowest BCUT2D eigenvalue weighted by Gasteiger charge is -2.26. The number of benzene rings is 1. The average molecular weight is 433 g/mol. The number of hydrogen-bond acceptors (Lipinski definition) is 3. The number of fused-ring (bicyclic) bond motifs is 2. The molecule has 3 N–H and O–H groups in total. The molecule has 6 heteroatoms. The zero-order chi connectivity index (χ0) is 18.3. The van der Waals surface area contributed by atoms with Crippen LogP contribution in [0.25, 0.3) is 5.57 Å². The fourth-order valence-electron chi connectivity index (χ4n) is 3.91. The summed E-state index contributed by atoms with van der Waals surface area (Å²) in [5.74, 6) is -0.309. The first-order valence-corrected chi connectivity index (χ1v) is 9.88. The summed E-state index contributed by atoms with van der Waals surface area (Å²) in [7, 11) is 0. The van der Waals surface area contributed by atoms with Crippen LogP contribution in [-0.4, -0.2) is 23.5 Å². The van der Waals surface area contributed by atoms with E-state index in [4.69, 9.17) is 22.3 Å². The molecule has 2 aliphatic rings. The van der Waals surface area contributed by atoms with Crippen molar-refractivity contribution >= 4 is 39.0 Å². The second kappa shape index (κ2) is 7.14. The minimum Gasteiger partial charge on any atom is -0.368 e. The number of halogens is 2. The van der Waals surface area contributed by atoms with E-state index < -0.39 is 0 Å². The Morgan fingerprint density at radius 1 is 1.23 bits per heavy atom. The van der Waals surface area contributed by atoms with Gasteiger partial charge in [0.2, 0.25) is 5.91 Å². The van der Waals surface area contributed by atoms with E-state index in [-0.39, 0.29) is 11.9 Å². The Balaban J connectivity index is 1.94. The fraction of sp³-hybridized carbons (Fsp3) is 0.300. The second-order valence-corrected chi connectivity index (χ2v) is 8.16. The normalized spacial score (nSPS) is 22.3. The minimum absolute atomic E-state index is 0.309. The van der Waals surface area contributed by atoms with Crippen LogP contribution >= 0.6 is 27.5 Å². The van der Waals surface area contributed by atoms with Crippen molar-refractivity contribution in [2.45, 2.75) is 31.7 Å². The third-order valence-electron chi connectivity index (χ3n) is 5.14. The van der Waals surface area contributed by atoms with Gasteiger partial charge in [-0.25, -0.2) is 0 Å². The quantitative estimate of drug-likeness (QED) is 0.723. The number of aryl methyl sites for hydroxylation is 2. The number of carbonyl (C=O) groups excluding carboxylic acids is 1. The van der Waals surface area contributed by atoms with Crippen LogP contribution in [0.3, 0.4) is 0 Å². The Morgan fingerprint density at radius 3 is 2.85 bits per heavy atom. The molecule has 0 bridgehead atoms. The molecule has 1 aliphatic heterocycles. The van der Waals surface area contributed by atoms with Gasteiger partial charge in [0.15, 0.2) is 0 Å². The highest BCUT2D eigenvalue weighted by Crippen LogP contribution is 2.39. The van der Waals surface area contributed by atoms with E-state index in [0.717, 1.165) is 46.6 Å². The maximum absolute atomic E-state index is 11.7. The number of nitrogens with two attached hydrogens (primary N) is 1. The van der Waals surface area contributed by atoms with Gasteiger partial charge in [0.05, 0.1) is 11.7 Å². The molecule has 1 aliphatic carbocycles. The first-order chi connectivity index (χ1) is 12.5. The molecular weight excluding hydrogens is 414 g/mol. The second-order valence-electron chi connectivity index (χ2n) is 6.80. The number of nitrogens with one attached hydrogen (secondary N) is 1. The lowest BCUT2D eigenvalue weighted by molar-refractivity contribution is -0.120. The maximum atomic E-state index is 11.7. The van der Waals surface area contributed by atoms with Crippen molar-refractivity contribution in [3.63, 3.8) is 0 Å². The molecule has 1 aromatic carbocycles. The molecule has 134 valence electrons. The molecule has 26 heavy (non-hydrogen) atoms. The Bertz CT molecular complexity index is 870. The fourth-order valence-corrected chi connectivity index (χ4v) is 4.48. The van der Waals surface area contributed by atoms with Gasteiger partial charge >= 0.3 is 0 Å². The van der Waals surface area contributed by atoms with E-state index in [1.165, 1.54) is 22.3 Å². The van der Waals surface area contributed by atoms with Crippen molar-refractivity contribution in [2.75, 3.05) is 6.54 Å². The molecule has 2 heterocycles. The number of primary amides is 1. The molecule has 4 nitrogen and oxygen atoms in total. The summed E-state index contributed by atoms with van der Waals surface area (Å²) in [6.07, 6.45) is 5.15. The van der Waals surface area contributed by atoms with Crippen LogP contribution < -0.4 is 11.1 Å². The number of nitrogens with zero attached hydrogens (tertiary/aromatic N) is 1. The predicted molar refractivity (Wildman–Crippen MR) is 107 cm³/mol. The van der Waals surface area contributed by atoms with Crippen LogP contribution in [0.5, 0.6) is 0 Å². The molecule has 0 saturated carbocycles. The summed E-state index contributed by atoms with van der Waals surface area (Å²) in [6.45, 7) is 0.737. The first-order valence-electron chi connectivity index (χ1n) is 8.71. The number of piperidine rings is 1.